The van der Waals surface area contributed by atoms with E-state index in [1.165, 1.54) is 0 Å². The van der Waals surface area contributed by atoms with Crippen LogP contribution in [-0.2, 0) is 27.5 Å². The molecule has 1 aliphatic heterocycles. The monoisotopic (exact) mass is 635 g/mol. The summed E-state index contributed by atoms with van der Waals surface area (Å²) in [4.78, 5) is 14.4. The third-order valence-corrected chi connectivity index (χ3v) is 7.24. The lowest BCUT2D eigenvalue weighted by Gasteiger charge is -2.27. The smallest absolute Gasteiger partial charge is 0.333 e. The molecule has 0 saturated heterocycles. The molecule has 15 heteroatoms. The lowest BCUT2D eigenvalue weighted by Crippen LogP contribution is -2.35. The average molecular weight is 635 g/mol. The zero-order valence-corrected chi connectivity index (χ0v) is 22.8. The van der Waals surface area contributed by atoms with Crippen LogP contribution in [0.5, 0.6) is 11.5 Å². The fourth-order valence-electron chi connectivity index (χ4n) is 3.97. The first-order chi connectivity index (χ1) is 17.0. The molecular weight excluding hydrogens is 608 g/mol. The van der Waals surface area contributed by atoms with Gasteiger partial charge in [0.15, 0.2) is 28.5 Å². The Kier molecular flexibility index (Phi) is 8.13. The Bertz CT molecular complexity index is 1370. The van der Waals surface area contributed by atoms with E-state index in [-0.39, 0.29) is 25.3 Å². The maximum absolute atomic E-state index is 14.1. The molecular formula is C21H27FIN7O5S. The standard InChI is InChI=1S/C21H27FIN7O5S/c1-12(2)29(4-3-7-35-36(25,31)32)5-6-30-17(26-18-19(24)27-21(22)28-20(18)30)9-13-8-15-16(10-14(13)23)34-11-33-15/h8,10,12H,3-7,9,11H2,1-2H3,(H2,24,27,28)(H2,25,31,32). The first kappa shape index (κ1) is 26.7. The van der Waals surface area contributed by atoms with Crippen molar-refractivity contribution >= 4 is 49.9 Å². The first-order valence-corrected chi connectivity index (χ1v) is 13.7. The molecule has 0 atom stereocenters. The number of rotatable bonds is 11. The van der Waals surface area contributed by atoms with E-state index in [0.29, 0.717) is 61.0 Å². The highest BCUT2D eigenvalue weighted by Crippen LogP contribution is 2.36. The van der Waals surface area contributed by atoms with Crippen LogP contribution in [0.25, 0.3) is 11.2 Å². The van der Waals surface area contributed by atoms with Crippen LogP contribution in [0, 0.1) is 9.65 Å². The normalized spacial score (nSPS) is 13.4. The van der Waals surface area contributed by atoms with Crippen molar-refractivity contribution in [2.75, 3.05) is 32.2 Å². The fraction of sp³-hybridized carbons (Fsp3) is 0.476. The predicted octanol–water partition coefficient (Wildman–Crippen LogP) is 1.79. The number of ether oxygens (including phenoxy) is 2. The second kappa shape index (κ2) is 11.0. The van der Waals surface area contributed by atoms with Gasteiger partial charge in [-0.3, -0.25) is 9.08 Å². The van der Waals surface area contributed by atoms with Gasteiger partial charge in [-0.05, 0) is 60.6 Å². The number of hydrogen-bond donors (Lipinski definition) is 2. The van der Waals surface area contributed by atoms with E-state index in [4.69, 9.17) is 20.3 Å². The molecule has 2 aromatic heterocycles. The Balaban J connectivity index is 1.59. The highest BCUT2D eigenvalue weighted by molar-refractivity contribution is 14.1. The van der Waals surface area contributed by atoms with E-state index < -0.39 is 16.4 Å². The SMILES string of the molecule is CC(C)N(CCCOS(N)(=O)=O)CCn1c(Cc2cc3c(cc2I)OCO3)nc2c(N)nc(F)nc21. The van der Waals surface area contributed by atoms with Crippen LogP contribution in [-0.4, -0.2) is 65.4 Å². The molecule has 0 fully saturated rings. The largest absolute Gasteiger partial charge is 0.454 e. The third-order valence-electron chi connectivity index (χ3n) is 5.74. The minimum atomic E-state index is -3.98. The number of aromatic nitrogens is 4. The van der Waals surface area contributed by atoms with Crippen molar-refractivity contribution < 1.29 is 26.5 Å². The molecule has 1 aliphatic rings. The number of nitrogen functional groups attached to an aromatic ring is 1. The number of halogens is 2. The van der Waals surface area contributed by atoms with Gasteiger partial charge in [0.25, 0.3) is 0 Å². The summed E-state index contributed by atoms with van der Waals surface area (Å²) >= 11 is 2.23. The Hall–Kier alpha value is -2.34. The Morgan fingerprint density at radius 3 is 2.64 bits per heavy atom. The van der Waals surface area contributed by atoms with Crippen molar-refractivity contribution in [3.63, 3.8) is 0 Å². The highest BCUT2D eigenvalue weighted by atomic mass is 127. The number of nitrogens with two attached hydrogens (primary N) is 2. The summed E-state index contributed by atoms with van der Waals surface area (Å²) in [6, 6.07) is 3.97. The quantitative estimate of drug-likeness (QED) is 0.181. The molecule has 0 amide bonds. The summed E-state index contributed by atoms with van der Waals surface area (Å²) in [6.07, 6.45) is -0.0344. The summed E-state index contributed by atoms with van der Waals surface area (Å²) in [5.74, 6) is 1.97. The van der Waals surface area contributed by atoms with E-state index in [1.807, 2.05) is 30.5 Å². The maximum Gasteiger partial charge on any atom is 0.333 e. The van der Waals surface area contributed by atoms with Gasteiger partial charge < -0.3 is 19.8 Å². The first-order valence-electron chi connectivity index (χ1n) is 11.2. The molecule has 4 rings (SSSR count). The molecule has 196 valence electrons. The average Bonchev–Trinajstić information content (AvgIpc) is 3.36. The minimum Gasteiger partial charge on any atom is -0.454 e. The Morgan fingerprint density at radius 2 is 1.94 bits per heavy atom. The van der Waals surface area contributed by atoms with E-state index >= 15 is 0 Å². The van der Waals surface area contributed by atoms with Crippen molar-refractivity contribution in [2.24, 2.45) is 5.14 Å². The minimum absolute atomic E-state index is 0.0150. The molecule has 36 heavy (non-hydrogen) atoms. The molecule has 0 unspecified atom stereocenters. The van der Waals surface area contributed by atoms with Crippen LogP contribution >= 0.6 is 22.6 Å². The molecule has 0 spiro atoms. The van der Waals surface area contributed by atoms with Gasteiger partial charge in [0.05, 0.1) is 6.61 Å². The van der Waals surface area contributed by atoms with Crippen LogP contribution in [0.2, 0.25) is 0 Å². The summed E-state index contributed by atoms with van der Waals surface area (Å²) in [5.41, 5.74) is 7.58. The van der Waals surface area contributed by atoms with Crippen molar-refractivity contribution in [3.8, 4) is 11.5 Å². The fourth-order valence-corrected chi connectivity index (χ4v) is 4.95. The number of nitrogens with zero attached hydrogens (tertiary/aromatic N) is 5. The van der Waals surface area contributed by atoms with Gasteiger partial charge >= 0.3 is 16.4 Å². The number of anilines is 1. The number of imidazole rings is 1. The van der Waals surface area contributed by atoms with Crippen molar-refractivity contribution in [1.29, 1.82) is 0 Å². The molecule has 3 aromatic rings. The summed E-state index contributed by atoms with van der Waals surface area (Å²) < 4.78 is 54.5. The van der Waals surface area contributed by atoms with Gasteiger partial charge in [-0.15, -0.1) is 0 Å². The summed E-state index contributed by atoms with van der Waals surface area (Å²) in [6.45, 7) is 5.79. The molecule has 12 nitrogen and oxygen atoms in total. The molecule has 3 heterocycles. The molecule has 4 N–H and O–H groups in total. The molecule has 0 aliphatic carbocycles. The van der Waals surface area contributed by atoms with E-state index in [1.54, 1.807) is 0 Å². The van der Waals surface area contributed by atoms with Gasteiger partial charge in [0.1, 0.15) is 5.82 Å². The molecule has 1 aromatic carbocycles. The number of fused-ring (bicyclic) bond motifs is 2. The van der Waals surface area contributed by atoms with Crippen LogP contribution in [0.1, 0.15) is 31.7 Å². The van der Waals surface area contributed by atoms with Gasteiger partial charge in [-0.25, -0.2) is 10.1 Å². The third kappa shape index (κ3) is 6.31. The lowest BCUT2D eigenvalue weighted by atomic mass is 10.1. The van der Waals surface area contributed by atoms with Crippen molar-refractivity contribution in [3.05, 3.63) is 33.2 Å². The van der Waals surface area contributed by atoms with E-state index in [0.717, 1.165) is 9.13 Å². The maximum atomic E-state index is 14.1. The van der Waals surface area contributed by atoms with Crippen LogP contribution < -0.4 is 20.3 Å². The topological polar surface area (TPSA) is 161 Å². The predicted molar refractivity (Wildman–Crippen MR) is 138 cm³/mol. The van der Waals surface area contributed by atoms with E-state index in [9.17, 15) is 12.8 Å². The van der Waals surface area contributed by atoms with Crippen LogP contribution in [0.3, 0.4) is 0 Å². The van der Waals surface area contributed by atoms with Crippen molar-refractivity contribution in [2.45, 2.75) is 39.3 Å². The number of hydrogen-bond acceptors (Lipinski definition) is 10. The van der Waals surface area contributed by atoms with Gasteiger partial charge in [0.2, 0.25) is 6.79 Å². The zero-order valence-electron chi connectivity index (χ0n) is 19.8. The van der Waals surface area contributed by atoms with Gasteiger partial charge in [-0.2, -0.15) is 22.8 Å². The van der Waals surface area contributed by atoms with Crippen LogP contribution in [0.4, 0.5) is 10.2 Å². The van der Waals surface area contributed by atoms with Gasteiger partial charge in [-0.1, -0.05) is 0 Å². The zero-order chi connectivity index (χ0) is 26.0. The van der Waals surface area contributed by atoms with Gasteiger partial charge in [0, 0.05) is 35.7 Å². The Labute approximate surface area is 221 Å². The number of benzene rings is 1. The molecule has 0 saturated carbocycles. The van der Waals surface area contributed by atoms with Crippen molar-refractivity contribution in [1.82, 2.24) is 24.4 Å². The lowest BCUT2D eigenvalue weighted by molar-refractivity contribution is 0.174. The Morgan fingerprint density at radius 1 is 1.22 bits per heavy atom. The molecule has 0 radical (unpaired) electrons. The van der Waals surface area contributed by atoms with E-state index in [2.05, 4.69) is 46.6 Å². The summed E-state index contributed by atoms with van der Waals surface area (Å²) in [5, 5.41) is 4.89. The second-order valence-electron chi connectivity index (χ2n) is 8.50. The second-order valence-corrected chi connectivity index (χ2v) is 10.9. The molecule has 0 bridgehead atoms. The highest BCUT2D eigenvalue weighted by Gasteiger charge is 2.22. The van der Waals surface area contributed by atoms with Crippen LogP contribution in [0.15, 0.2) is 12.1 Å². The summed E-state index contributed by atoms with van der Waals surface area (Å²) in [7, 11) is -3.98.